The molecule has 0 aliphatic rings. The monoisotopic (exact) mass is 600 g/mol. The number of rotatable bonds is 9. The van der Waals surface area contributed by atoms with Crippen LogP contribution in [0.25, 0.3) is 0 Å². The van der Waals surface area contributed by atoms with Gasteiger partial charge in [-0.15, -0.1) is 0 Å². The van der Waals surface area contributed by atoms with E-state index in [1.165, 1.54) is 46.2 Å². The van der Waals surface area contributed by atoms with Gasteiger partial charge in [0.25, 0.3) is 5.91 Å². The number of hydrogen-bond donors (Lipinski definition) is 1. The zero-order valence-electron chi connectivity index (χ0n) is 24.2. The van der Waals surface area contributed by atoms with Crippen LogP contribution in [0.2, 0.25) is 5.02 Å². The van der Waals surface area contributed by atoms with Crippen LogP contribution in [0.1, 0.15) is 55.3 Å². The highest BCUT2D eigenvalue weighted by Crippen LogP contribution is 2.25. The van der Waals surface area contributed by atoms with Crippen molar-refractivity contribution in [3.63, 3.8) is 0 Å². The lowest BCUT2D eigenvalue weighted by Crippen LogP contribution is -2.45. The predicted molar refractivity (Wildman–Crippen MR) is 159 cm³/mol. The van der Waals surface area contributed by atoms with Gasteiger partial charge in [0, 0.05) is 30.7 Å². The molecule has 0 saturated carbocycles. The second kappa shape index (κ2) is 13.1. The summed E-state index contributed by atoms with van der Waals surface area (Å²) in [6.07, 6.45) is -1.17. The largest absolute Gasteiger partial charge is 0.444 e. The van der Waals surface area contributed by atoms with Gasteiger partial charge in [0.15, 0.2) is 0 Å². The van der Waals surface area contributed by atoms with Crippen molar-refractivity contribution in [1.29, 1.82) is 0 Å². The van der Waals surface area contributed by atoms with Crippen LogP contribution in [0.15, 0.2) is 82.6 Å². The van der Waals surface area contributed by atoms with Crippen molar-refractivity contribution in [2.45, 2.75) is 61.7 Å². The van der Waals surface area contributed by atoms with Crippen LogP contribution in [0, 0.1) is 0 Å². The SMILES string of the molecule is CC(Cc1ccc(S(=O)(=O)c2ccc(C(=O)N(C)C)cc2)cc1)N(CC(O)c1cccc(Cl)c1)C(=O)OC(C)(C)C. The Morgan fingerprint density at radius 2 is 1.51 bits per heavy atom. The summed E-state index contributed by atoms with van der Waals surface area (Å²) in [6, 6.07) is 18.7. The summed E-state index contributed by atoms with van der Waals surface area (Å²) in [6.45, 7) is 7.14. The summed E-state index contributed by atoms with van der Waals surface area (Å²) >= 11 is 6.09. The van der Waals surface area contributed by atoms with E-state index in [9.17, 15) is 23.1 Å². The third kappa shape index (κ3) is 8.55. The van der Waals surface area contributed by atoms with E-state index in [4.69, 9.17) is 16.3 Å². The van der Waals surface area contributed by atoms with E-state index < -0.39 is 27.6 Å². The molecule has 0 bridgehead atoms. The van der Waals surface area contributed by atoms with Crippen molar-refractivity contribution in [2.75, 3.05) is 20.6 Å². The van der Waals surface area contributed by atoms with Crippen molar-refractivity contribution < 1.29 is 27.9 Å². The average Bonchev–Trinajstić information content (AvgIpc) is 2.90. The van der Waals surface area contributed by atoms with Crippen LogP contribution < -0.4 is 0 Å². The van der Waals surface area contributed by atoms with Gasteiger partial charge in [-0.3, -0.25) is 4.79 Å². The lowest BCUT2D eigenvalue weighted by atomic mass is 10.0. The molecule has 2 unspecified atom stereocenters. The Bertz CT molecular complexity index is 1470. The van der Waals surface area contributed by atoms with E-state index in [0.717, 1.165) is 5.56 Å². The van der Waals surface area contributed by atoms with Gasteiger partial charge in [-0.2, -0.15) is 0 Å². The van der Waals surface area contributed by atoms with Crippen molar-refractivity contribution in [3.05, 3.63) is 94.5 Å². The molecule has 3 aromatic carbocycles. The van der Waals surface area contributed by atoms with Crippen LogP contribution in [0.3, 0.4) is 0 Å². The Morgan fingerprint density at radius 1 is 0.951 bits per heavy atom. The number of amides is 2. The summed E-state index contributed by atoms with van der Waals surface area (Å²) in [5.74, 6) is -0.215. The van der Waals surface area contributed by atoms with Gasteiger partial charge in [-0.1, -0.05) is 35.9 Å². The van der Waals surface area contributed by atoms with E-state index in [0.29, 0.717) is 22.6 Å². The molecule has 0 aromatic heterocycles. The lowest BCUT2D eigenvalue weighted by Gasteiger charge is -2.33. The first-order chi connectivity index (χ1) is 19.1. The molecule has 8 nitrogen and oxygen atoms in total. The number of aliphatic hydroxyl groups is 1. The maximum absolute atomic E-state index is 13.2. The molecular formula is C31H37ClN2O6S. The summed E-state index contributed by atoms with van der Waals surface area (Å²) in [5.41, 5.74) is 1.04. The molecule has 0 aliphatic heterocycles. The summed E-state index contributed by atoms with van der Waals surface area (Å²) in [7, 11) is -0.543. The highest BCUT2D eigenvalue weighted by atomic mass is 35.5. The van der Waals surface area contributed by atoms with E-state index in [2.05, 4.69) is 0 Å². The molecule has 3 aromatic rings. The predicted octanol–water partition coefficient (Wildman–Crippen LogP) is 5.78. The summed E-state index contributed by atoms with van der Waals surface area (Å²) in [5, 5.41) is 11.4. The third-order valence-electron chi connectivity index (χ3n) is 6.35. The fourth-order valence-electron chi connectivity index (χ4n) is 4.19. The molecule has 0 spiro atoms. The molecule has 41 heavy (non-hydrogen) atoms. The van der Waals surface area contributed by atoms with E-state index >= 15 is 0 Å². The highest BCUT2D eigenvalue weighted by molar-refractivity contribution is 7.91. The number of nitrogens with zero attached hydrogens (tertiary/aromatic N) is 2. The minimum absolute atomic E-state index is 0.0186. The summed E-state index contributed by atoms with van der Waals surface area (Å²) < 4.78 is 32.0. The van der Waals surface area contributed by atoms with Crippen molar-refractivity contribution in [2.24, 2.45) is 0 Å². The van der Waals surface area contributed by atoms with Gasteiger partial charge in [0.1, 0.15) is 5.60 Å². The van der Waals surface area contributed by atoms with Crippen LogP contribution >= 0.6 is 11.6 Å². The smallest absolute Gasteiger partial charge is 0.410 e. The van der Waals surface area contributed by atoms with Gasteiger partial charge in [-0.25, -0.2) is 13.2 Å². The zero-order chi connectivity index (χ0) is 30.5. The molecule has 2 amide bonds. The molecule has 0 fully saturated rings. The quantitative estimate of drug-likeness (QED) is 0.334. The molecule has 0 heterocycles. The number of hydrogen-bond acceptors (Lipinski definition) is 6. The lowest BCUT2D eigenvalue weighted by molar-refractivity contribution is 0.00547. The Morgan fingerprint density at radius 3 is 2.02 bits per heavy atom. The number of benzene rings is 3. The van der Waals surface area contributed by atoms with Crippen molar-refractivity contribution in [3.8, 4) is 0 Å². The molecule has 1 N–H and O–H groups in total. The number of sulfone groups is 1. The highest BCUT2D eigenvalue weighted by Gasteiger charge is 2.29. The Kier molecular flexibility index (Phi) is 10.2. The third-order valence-corrected chi connectivity index (χ3v) is 8.37. The minimum atomic E-state index is -3.80. The van der Waals surface area contributed by atoms with Gasteiger partial charge >= 0.3 is 6.09 Å². The zero-order valence-corrected chi connectivity index (χ0v) is 25.7. The number of halogens is 1. The Balaban J connectivity index is 1.79. The standard InChI is InChI=1S/C31H37ClN2O6S/c1-21(34(30(37)40-31(2,3)4)20-28(35)24-8-7-9-25(32)19-24)18-22-10-14-26(15-11-22)41(38,39)27-16-12-23(13-17-27)29(36)33(5)6/h7-17,19,21,28,35H,18,20H2,1-6H3. The van der Waals surface area contributed by atoms with Gasteiger partial charge in [-0.05, 0) is 93.8 Å². The molecular weight excluding hydrogens is 564 g/mol. The average molecular weight is 601 g/mol. The van der Waals surface area contributed by atoms with Gasteiger partial charge in [0.05, 0.1) is 22.4 Å². The van der Waals surface area contributed by atoms with Crippen molar-refractivity contribution >= 4 is 33.4 Å². The number of carbonyl (C=O) groups is 2. The summed E-state index contributed by atoms with van der Waals surface area (Å²) in [4.78, 5) is 28.3. The molecule has 220 valence electrons. The van der Waals surface area contributed by atoms with Gasteiger partial charge in [0.2, 0.25) is 9.84 Å². The number of carbonyl (C=O) groups excluding carboxylic acids is 2. The molecule has 0 aliphatic carbocycles. The number of aliphatic hydroxyl groups excluding tert-OH is 1. The van der Waals surface area contributed by atoms with E-state index in [1.54, 1.807) is 71.3 Å². The fourth-order valence-corrected chi connectivity index (χ4v) is 5.65. The minimum Gasteiger partial charge on any atom is -0.444 e. The first kappa shape index (κ1) is 32.1. The Labute approximate surface area is 247 Å². The second-order valence-electron chi connectivity index (χ2n) is 11.1. The van der Waals surface area contributed by atoms with Crippen LogP contribution in [-0.4, -0.2) is 67.6 Å². The number of ether oxygens (including phenoxy) is 1. The maximum atomic E-state index is 13.2. The van der Waals surface area contributed by atoms with Crippen molar-refractivity contribution in [1.82, 2.24) is 9.80 Å². The maximum Gasteiger partial charge on any atom is 0.410 e. The van der Waals surface area contributed by atoms with Crippen LogP contribution in [0.4, 0.5) is 4.79 Å². The first-order valence-electron chi connectivity index (χ1n) is 13.2. The topological polar surface area (TPSA) is 104 Å². The fraction of sp³-hybridized carbons (Fsp3) is 0.355. The second-order valence-corrected chi connectivity index (χ2v) is 13.5. The van der Waals surface area contributed by atoms with E-state index in [1.807, 2.05) is 6.92 Å². The van der Waals surface area contributed by atoms with E-state index in [-0.39, 0.29) is 28.3 Å². The molecule has 0 radical (unpaired) electrons. The van der Waals surface area contributed by atoms with Crippen LogP contribution in [-0.2, 0) is 21.0 Å². The molecule has 3 rings (SSSR count). The molecule has 10 heteroatoms. The first-order valence-corrected chi connectivity index (χ1v) is 15.0. The Hall–Kier alpha value is -3.40. The van der Waals surface area contributed by atoms with Crippen LogP contribution in [0.5, 0.6) is 0 Å². The molecule has 0 saturated heterocycles. The normalized spacial score (nSPS) is 13.3. The molecule has 2 atom stereocenters. The van der Waals surface area contributed by atoms with Gasteiger partial charge < -0.3 is 19.6 Å².